The fraction of sp³-hybridized carbons (Fsp3) is 0.118. The number of nitrogens with zero attached hydrogens (tertiary/aromatic N) is 3. The summed E-state index contributed by atoms with van der Waals surface area (Å²) in [5.41, 5.74) is 9.72. The summed E-state index contributed by atoms with van der Waals surface area (Å²) >= 11 is 0. The number of benzene rings is 2. The molecule has 0 fully saturated rings. The van der Waals surface area contributed by atoms with Gasteiger partial charge in [-0.3, -0.25) is 4.79 Å². The van der Waals surface area contributed by atoms with Gasteiger partial charge in [-0.15, -0.1) is 0 Å². The van der Waals surface area contributed by atoms with Crippen molar-refractivity contribution in [3.8, 4) is 6.07 Å². The Morgan fingerprint density at radius 2 is 1.95 bits per heavy atom. The van der Waals surface area contributed by atoms with Gasteiger partial charge in [0, 0.05) is 19.2 Å². The van der Waals surface area contributed by atoms with E-state index in [9.17, 15) is 4.79 Å². The summed E-state index contributed by atoms with van der Waals surface area (Å²) in [5.74, 6) is 0. The van der Waals surface area contributed by atoms with Gasteiger partial charge in [0.15, 0.2) is 0 Å². The Balaban J connectivity index is 2.08. The molecule has 0 unspecified atom stereocenters. The van der Waals surface area contributed by atoms with Crippen molar-refractivity contribution in [2.75, 3.05) is 5.73 Å². The van der Waals surface area contributed by atoms with Crippen LogP contribution < -0.4 is 11.3 Å². The lowest BCUT2D eigenvalue weighted by molar-refractivity contribution is 0.855. The van der Waals surface area contributed by atoms with Gasteiger partial charge in [0.1, 0.15) is 5.69 Å². The zero-order valence-electron chi connectivity index (χ0n) is 12.1. The zero-order chi connectivity index (χ0) is 15.7. The lowest BCUT2D eigenvalue weighted by Gasteiger charge is -2.08. The van der Waals surface area contributed by atoms with Crippen LogP contribution in [0.15, 0.2) is 47.3 Å². The SMILES string of the molecule is Cn1c(=O)c(Cc2ccc(C#N)cc2)nc2cc(N)ccc21. The van der Waals surface area contributed by atoms with Crippen molar-refractivity contribution in [2.24, 2.45) is 7.05 Å². The van der Waals surface area contributed by atoms with Crippen molar-refractivity contribution in [3.63, 3.8) is 0 Å². The molecule has 3 aromatic rings. The number of hydrogen-bond acceptors (Lipinski definition) is 4. The van der Waals surface area contributed by atoms with E-state index >= 15 is 0 Å². The molecule has 2 N–H and O–H groups in total. The topological polar surface area (TPSA) is 84.7 Å². The summed E-state index contributed by atoms with van der Waals surface area (Å²) in [7, 11) is 1.73. The van der Waals surface area contributed by atoms with Crippen molar-refractivity contribution in [2.45, 2.75) is 6.42 Å². The quantitative estimate of drug-likeness (QED) is 0.731. The van der Waals surface area contributed by atoms with Gasteiger partial charge in [0.2, 0.25) is 0 Å². The van der Waals surface area contributed by atoms with Gasteiger partial charge >= 0.3 is 0 Å². The van der Waals surface area contributed by atoms with Crippen LogP contribution in [0.1, 0.15) is 16.8 Å². The fourth-order valence-corrected chi connectivity index (χ4v) is 2.42. The Morgan fingerprint density at radius 3 is 2.64 bits per heavy atom. The summed E-state index contributed by atoms with van der Waals surface area (Å²) < 4.78 is 1.58. The standard InChI is InChI=1S/C17H14N4O/c1-21-16-7-6-13(19)9-14(16)20-15(17(21)22)8-11-2-4-12(10-18)5-3-11/h2-7,9H,8,19H2,1H3. The van der Waals surface area contributed by atoms with Gasteiger partial charge in [0.25, 0.3) is 5.56 Å². The molecule has 1 aromatic heterocycles. The van der Waals surface area contributed by atoms with Crippen LogP contribution in [0.3, 0.4) is 0 Å². The Hall–Kier alpha value is -3.13. The number of hydrogen-bond donors (Lipinski definition) is 1. The molecule has 0 saturated carbocycles. The van der Waals surface area contributed by atoms with Crippen molar-refractivity contribution < 1.29 is 0 Å². The molecule has 5 heteroatoms. The Labute approximate surface area is 127 Å². The normalized spacial score (nSPS) is 10.5. The fourth-order valence-electron chi connectivity index (χ4n) is 2.42. The highest BCUT2D eigenvalue weighted by atomic mass is 16.1. The van der Waals surface area contributed by atoms with E-state index in [0.717, 1.165) is 11.1 Å². The number of nitriles is 1. The highest BCUT2D eigenvalue weighted by Crippen LogP contribution is 2.15. The lowest BCUT2D eigenvalue weighted by Crippen LogP contribution is -2.23. The van der Waals surface area contributed by atoms with Gasteiger partial charge in [-0.25, -0.2) is 4.98 Å². The first-order valence-electron chi connectivity index (χ1n) is 6.82. The molecule has 0 atom stereocenters. The van der Waals surface area contributed by atoms with E-state index in [1.165, 1.54) is 0 Å². The summed E-state index contributed by atoms with van der Waals surface area (Å²) in [5, 5.41) is 8.82. The first-order valence-corrected chi connectivity index (χ1v) is 6.82. The number of anilines is 1. The smallest absolute Gasteiger partial charge is 0.272 e. The Morgan fingerprint density at radius 1 is 1.23 bits per heavy atom. The molecule has 0 radical (unpaired) electrons. The van der Waals surface area contributed by atoms with Crippen LogP contribution in [0.25, 0.3) is 11.0 Å². The van der Waals surface area contributed by atoms with Crippen molar-refractivity contribution >= 4 is 16.7 Å². The van der Waals surface area contributed by atoms with Crippen molar-refractivity contribution in [1.82, 2.24) is 9.55 Å². The minimum Gasteiger partial charge on any atom is -0.399 e. The van der Waals surface area contributed by atoms with Crippen molar-refractivity contribution in [1.29, 1.82) is 5.26 Å². The summed E-state index contributed by atoms with van der Waals surface area (Å²) in [6.07, 6.45) is 0.420. The molecular weight excluding hydrogens is 276 g/mol. The molecule has 0 amide bonds. The minimum atomic E-state index is -0.123. The molecule has 0 aliphatic heterocycles. The van der Waals surface area contributed by atoms with Crippen LogP contribution in [0.4, 0.5) is 5.69 Å². The number of fused-ring (bicyclic) bond motifs is 1. The molecule has 108 valence electrons. The van der Waals surface area contributed by atoms with E-state index in [4.69, 9.17) is 11.0 Å². The molecule has 0 saturated heterocycles. The van der Waals surface area contributed by atoms with Crippen LogP contribution in [-0.4, -0.2) is 9.55 Å². The monoisotopic (exact) mass is 290 g/mol. The third-order valence-electron chi connectivity index (χ3n) is 3.62. The maximum absolute atomic E-state index is 12.4. The highest BCUT2D eigenvalue weighted by Gasteiger charge is 2.09. The molecule has 22 heavy (non-hydrogen) atoms. The first kappa shape index (κ1) is 13.8. The van der Waals surface area contributed by atoms with Crippen LogP contribution in [-0.2, 0) is 13.5 Å². The molecule has 1 heterocycles. The van der Waals surface area contributed by atoms with Gasteiger partial charge in [-0.2, -0.15) is 5.26 Å². The number of aryl methyl sites for hydroxylation is 1. The van der Waals surface area contributed by atoms with Crippen molar-refractivity contribution in [3.05, 3.63) is 69.6 Å². The second-order valence-electron chi connectivity index (χ2n) is 5.16. The number of nitrogen functional groups attached to an aromatic ring is 1. The van der Waals surface area contributed by atoms with Crippen LogP contribution in [0.2, 0.25) is 0 Å². The summed E-state index contributed by atoms with van der Waals surface area (Å²) in [6, 6.07) is 14.5. The number of rotatable bonds is 2. The van der Waals surface area contributed by atoms with E-state index in [1.807, 2.05) is 12.1 Å². The molecule has 0 bridgehead atoms. The Bertz CT molecular complexity index is 949. The Kier molecular flexibility index (Phi) is 3.36. The maximum atomic E-state index is 12.4. The van der Waals surface area contributed by atoms with Crippen LogP contribution >= 0.6 is 0 Å². The second kappa shape index (κ2) is 5.34. The minimum absolute atomic E-state index is 0.123. The predicted octanol–water partition coefficient (Wildman–Crippen LogP) is 1.98. The summed E-state index contributed by atoms with van der Waals surface area (Å²) in [4.78, 5) is 16.9. The number of aromatic nitrogens is 2. The van der Waals surface area contributed by atoms with Gasteiger partial charge in [0.05, 0.1) is 22.7 Å². The molecule has 0 spiro atoms. The average Bonchev–Trinajstić information content (AvgIpc) is 2.53. The lowest BCUT2D eigenvalue weighted by atomic mass is 10.1. The van der Waals surface area contributed by atoms with E-state index in [-0.39, 0.29) is 5.56 Å². The van der Waals surface area contributed by atoms with Gasteiger partial charge in [-0.05, 0) is 35.9 Å². The molecule has 3 rings (SSSR count). The van der Waals surface area contributed by atoms with Crippen LogP contribution in [0, 0.1) is 11.3 Å². The van der Waals surface area contributed by atoms with Gasteiger partial charge < -0.3 is 10.3 Å². The van der Waals surface area contributed by atoms with E-state index < -0.39 is 0 Å². The first-order chi connectivity index (χ1) is 10.6. The zero-order valence-corrected chi connectivity index (χ0v) is 12.1. The third kappa shape index (κ3) is 2.42. The van der Waals surface area contributed by atoms with Gasteiger partial charge in [-0.1, -0.05) is 12.1 Å². The molecule has 5 nitrogen and oxygen atoms in total. The second-order valence-corrected chi connectivity index (χ2v) is 5.16. The molecular formula is C17H14N4O. The third-order valence-corrected chi connectivity index (χ3v) is 3.62. The van der Waals surface area contributed by atoms with E-state index in [2.05, 4.69) is 11.1 Å². The largest absolute Gasteiger partial charge is 0.399 e. The summed E-state index contributed by atoms with van der Waals surface area (Å²) in [6.45, 7) is 0. The average molecular weight is 290 g/mol. The molecule has 0 aliphatic carbocycles. The predicted molar refractivity (Wildman–Crippen MR) is 85.4 cm³/mol. The molecule has 2 aromatic carbocycles. The van der Waals surface area contributed by atoms with E-state index in [0.29, 0.717) is 28.9 Å². The van der Waals surface area contributed by atoms with E-state index in [1.54, 1.807) is 41.9 Å². The van der Waals surface area contributed by atoms with Crippen LogP contribution in [0.5, 0.6) is 0 Å². The number of nitrogens with two attached hydrogens (primary N) is 1. The molecule has 0 aliphatic rings. The maximum Gasteiger partial charge on any atom is 0.272 e. The highest BCUT2D eigenvalue weighted by molar-refractivity contribution is 5.78.